The van der Waals surface area contributed by atoms with E-state index in [1.165, 1.54) is 0 Å². The maximum atomic E-state index is 12.1. The third-order valence-electron chi connectivity index (χ3n) is 3.89. The SMILES string of the molecule is CC(Cl)C(=O)NCCNC(=O)C1CC(=O)N(Cc2ccccc2)C1. The molecule has 0 aromatic heterocycles. The van der Waals surface area contributed by atoms with E-state index in [1.54, 1.807) is 11.8 Å². The molecular weight excluding hydrogens is 330 g/mol. The van der Waals surface area contributed by atoms with Gasteiger partial charge in [0.25, 0.3) is 0 Å². The van der Waals surface area contributed by atoms with E-state index in [4.69, 9.17) is 11.6 Å². The summed E-state index contributed by atoms with van der Waals surface area (Å²) < 4.78 is 0. The average Bonchev–Trinajstić information content (AvgIpc) is 2.93. The number of halogens is 1. The van der Waals surface area contributed by atoms with Crippen LogP contribution in [0.5, 0.6) is 0 Å². The minimum absolute atomic E-state index is 0.0109. The molecule has 2 unspecified atom stereocenters. The number of hydrogen-bond acceptors (Lipinski definition) is 3. The van der Waals surface area contributed by atoms with E-state index in [0.29, 0.717) is 26.2 Å². The molecular formula is C17H22ClN3O3. The number of likely N-dealkylation sites (tertiary alicyclic amines) is 1. The van der Waals surface area contributed by atoms with E-state index in [2.05, 4.69) is 10.6 Å². The molecule has 2 rings (SSSR count). The molecule has 0 saturated carbocycles. The van der Waals surface area contributed by atoms with E-state index >= 15 is 0 Å². The summed E-state index contributed by atoms with van der Waals surface area (Å²) in [4.78, 5) is 37.2. The van der Waals surface area contributed by atoms with Crippen LogP contribution in [0, 0.1) is 5.92 Å². The van der Waals surface area contributed by atoms with Crippen molar-refractivity contribution in [2.75, 3.05) is 19.6 Å². The summed E-state index contributed by atoms with van der Waals surface area (Å²) in [6, 6.07) is 9.70. The van der Waals surface area contributed by atoms with E-state index in [1.807, 2.05) is 30.3 Å². The zero-order valence-corrected chi connectivity index (χ0v) is 14.4. The third-order valence-corrected chi connectivity index (χ3v) is 4.08. The Bertz CT molecular complexity index is 592. The molecule has 1 saturated heterocycles. The lowest BCUT2D eigenvalue weighted by Gasteiger charge is -2.16. The highest BCUT2D eigenvalue weighted by atomic mass is 35.5. The van der Waals surface area contributed by atoms with Crippen LogP contribution in [0.1, 0.15) is 18.9 Å². The molecule has 3 amide bonds. The Morgan fingerprint density at radius 3 is 2.58 bits per heavy atom. The van der Waals surface area contributed by atoms with Crippen molar-refractivity contribution in [2.45, 2.75) is 25.3 Å². The van der Waals surface area contributed by atoms with E-state index < -0.39 is 5.38 Å². The van der Waals surface area contributed by atoms with Crippen molar-refractivity contribution in [3.8, 4) is 0 Å². The molecule has 1 aromatic carbocycles. The molecule has 6 nitrogen and oxygen atoms in total. The van der Waals surface area contributed by atoms with Crippen molar-refractivity contribution < 1.29 is 14.4 Å². The first kappa shape index (κ1) is 18.3. The maximum Gasteiger partial charge on any atom is 0.237 e. The Morgan fingerprint density at radius 2 is 1.92 bits per heavy atom. The summed E-state index contributed by atoms with van der Waals surface area (Å²) in [6.07, 6.45) is 0.226. The molecule has 2 atom stereocenters. The maximum absolute atomic E-state index is 12.1. The number of carbonyl (C=O) groups is 3. The van der Waals surface area contributed by atoms with Gasteiger partial charge in [-0.05, 0) is 12.5 Å². The van der Waals surface area contributed by atoms with Gasteiger partial charge in [-0.2, -0.15) is 0 Å². The van der Waals surface area contributed by atoms with Gasteiger partial charge in [-0.3, -0.25) is 14.4 Å². The first-order valence-electron chi connectivity index (χ1n) is 7.98. The van der Waals surface area contributed by atoms with E-state index in [0.717, 1.165) is 5.56 Å². The highest BCUT2D eigenvalue weighted by Crippen LogP contribution is 2.20. The molecule has 1 heterocycles. The van der Waals surface area contributed by atoms with Crippen LogP contribution in [0.3, 0.4) is 0 Å². The molecule has 0 radical (unpaired) electrons. The molecule has 1 aliphatic rings. The summed E-state index contributed by atoms with van der Waals surface area (Å²) in [5, 5.41) is 4.77. The van der Waals surface area contributed by atoms with Gasteiger partial charge >= 0.3 is 0 Å². The molecule has 2 N–H and O–H groups in total. The number of nitrogens with one attached hydrogen (secondary N) is 2. The Hall–Kier alpha value is -2.08. The first-order valence-corrected chi connectivity index (χ1v) is 8.42. The van der Waals surface area contributed by atoms with Crippen LogP contribution >= 0.6 is 11.6 Å². The number of carbonyl (C=O) groups excluding carboxylic acids is 3. The number of nitrogens with zero attached hydrogens (tertiary/aromatic N) is 1. The minimum atomic E-state index is -0.598. The van der Waals surface area contributed by atoms with Crippen LogP contribution in [0.15, 0.2) is 30.3 Å². The zero-order chi connectivity index (χ0) is 17.5. The van der Waals surface area contributed by atoms with Gasteiger partial charge in [0.05, 0.1) is 5.92 Å². The van der Waals surface area contributed by atoms with Gasteiger partial charge in [-0.15, -0.1) is 11.6 Å². The third kappa shape index (κ3) is 5.23. The topological polar surface area (TPSA) is 78.5 Å². The number of amides is 3. The van der Waals surface area contributed by atoms with Crippen LogP contribution in [0.2, 0.25) is 0 Å². The van der Waals surface area contributed by atoms with Crippen LogP contribution in [0.4, 0.5) is 0 Å². The lowest BCUT2D eigenvalue weighted by Crippen LogP contribution is -2.39. The fraction of sp³-hybridized carbons (Fsp3) is 0.471. The van der Waals surface area contributed by atoms with Crippen LogP contribution in [0.25, 0.3) is 0 Å². The number of benzene rings is 1. The predicted octanol–water partition coefficient (Wildman–Crippen LogP) is 0.895. The highest BCUT2D eigenvalue weighted by molar-refractivity contribution is 6.30. The van der Waals surface area contributed by atoms with Gasteiger partial charge in [0.1, 0.15) is 5.38 Å². The molecule has 0 spiro atoms. The zero-order valence-electron chi connectivity index (χ0n) is 13.6. The Labute approximate surface area is 146 Å². The van der Waals surface area contributed by atoms with E-state index in [-0.39, 0.29) is 30.1 Å². The van der Waals surface area contributed by atoms with Crippen molar-refractivity contribution in [3.63, 3.8) is 0 Å². The standard InChI is InChI=1S/C17H22ClN3O3/c1-12(18)16(23)19-7-8-20-17(24)14-9-15(22)21(11-14)10-13-5-3-2-4-6-13/h2-6,12,14H,7-11H2,1H3,(H,19,23)(H,20,24). The summed E-state index contributed by atoms with van der Waals surface area (Å²) >= 11 is 5.63. The monoisotopic (exact) mass is 351 g/mol. The summed E-state index contributed by atoms with van der Waals surface area (Å²) in [5.74, 6) is -0.782. The molecule has 130 valence electrons. The number of alkyl halides is 1. The number of rotatable bonds is 7. The van der Waals surface area contributed by atoms with Gasteiger partial charge in [0.2, 0.25) is 17.7 Å². The fourth-order valence-corrected chi connectivity index (χ4v) is 2.64. The molecule has 0 bridgehead atoms. The van der Waals surface area contributed by atoms with Crippen molar-refractivity contribution >= 4 is 29.3 Å². The highest BCUT2D eigenvalue weighted by Gasteiger charge is 2.33. The molecule has 0 aliphatic carbocycles. The summed E-state index contributed by atoms with van der Waals surface area (Å²) in [5.41, 5.74) is 1.05. The van der Waals surface area contributed by atoms with Crippen molar-refractivity contribution in [1.29, 1.82) is 0 Å². The van der Waals surface area contributed by atoms with Crippen molar-refractivity contribution in [2.24, 2.45) is 5.92 Å². The normalized spacial score (nSPS) is 18.3. The quantitative estimate of drug-likeness (QED) is 0.566. The van der Waals surface area contributed by atoms with Crippen LogP contribution in [-0.4, -0.2) is 47.6 Å². The number of hydrogen-bond donors (Lipinski definition) is 2. The molecule has 1 aliphatic heterocycles. The second kappa shape index (κ2) is 8.68. The summed E-state index contributed by atoms with van der Waals surface area (Å²) in [6.45, 7) is 3.16. The molecule has 1 fully saturated rings. The minimum Gasteiger partial charge on any atom is -0.354 e. The molecule has 1 aromatic rings. The lowest BCUT2D eigenvalue weighted by molar-refractivity contribution is -0.129. The largest absolute Gasteiger partial charge is 0.354 e. The van der Waals surface area contributed by atoms with Gasteiger partial charge in [-0.25, -0.2) is 0 Å². The lowest BCUT2D eigenvalue weighted by atomic mass is 10.1. The second-order valence-corrected chi connectivity index (χ2v) is 6.51. The second-order valence-electron chi connectivity index (χ2n) is 5.86. The first-order chi connectivity index (χ1) is 11.5. The predicted molar refractivity (Wildman–Crippen MR) is 91.3 cm³/mol. The molecule has 24 heavy (non-hydrogen) atoms. The van der Waals surface area contributed by atoms with Crippen LogP contribution in [-0.2, 0) is 20.9 Å². The Balaban J connectivity index is 1.74. The van der Waals surface area contributed by atoms with Crippen molar-refractivity contribution in [1.82, 2.24) is 15.5 Å². The van der Waals surface area contributed by atoms with Gasteiger partial charge < -0.3 is 15.5 Å². The van der Waals surface area contributed by atoms with Gasteiger partial charge in [0.15, 0.2) is 0 Å². The average molecular weight is 352 g/mol. The van der Waals surface area contributed by atoms with Crippen LogP contribution < -0.4 is 10.6 Å². The fourth-order valence-electron chi connectivity index (χ4n) is 2.56. The van der Waals surface area contributed by atoms with Gasteiger partial charge in [0, 0.05) is 32.6 Å². The summed E-state index contributed by atoms with van der Waals surface area (Å²) in [7, 11) is 0. The Morgan fingerprint density at radius 1 is 1.25 bits per heavy atom. The van der Waals surface area contributed by atoms with Crippen molar-refractivity contribution in [3.05, 3.63) is 35.9 Å². The Kier molecular flexibility index (Phi) is 6.61. The molecule has 7 heteroatoms. The smallest absolute Gasteiger partial charge is 0.237 e. The van der Waals surface area contributed by atoms with Gasteiger partial charge in [-0.1, -0.05) is 30.3 Å². The van der Waals surface area contributed by atoms with E-state index in [9.17, 15) is 14.4 Å².